The van der Waals surface area contributed by atoms with Crippen molar-refractivity contribution in [3.05, 3.63) is 132 Å². The third kappa shape index (κ3) is 3.38. The molecule has 4 nitrogen and oxygen atoms in total. The number of para-hydroxylation sites is 2. The molecule has 0 N–H and O–H groups in total. The summed E-state index contributed by atoms with van der Waals surface area (Å²) in [6.45, 7) is 6.26. The fourth-order valence-corrected chi connectivity index (χ4v) is 4.88. The highest BCUT2D eigenvalue weighted by Gasteiger charge is 2.29. The molecule has 0 amide bonds. The number of fused-ring (bicyclic) bond motifs is 3. The molecule has 4 aromatic carbocycles. The molecular formula is C32H23N3O. The molecule has 0 saturated heterocycles. The minimum absolute atomic E-state index is 0.541. The summed E-state index contributed by atoms with van der Waals surface area (Å²) in [6.07, 6.45) is 7.94. The number of rotatable bonds is 4. The highest BCUT2D eigenvalue weighted by atomic mass is 16.3. The van der Waals surface area contributed by atoms with Gasteiger partial charge in [0.05, 0.1) is 18.4 Å². The van der Waals surface area contributed by atoms with E-state index in [1.54, 1.807) is 0 Å². The molecule has 0 unspecified atom stereocenters. The number of nitrogens with zero attached hydrogens (tertiary/aromatic N) is 3. The third-order valence-corrected chi connectivity index (χ3v) is 6.56. The predicted octanol–water partition coefficient (Wildman–Crippen LogP) is 7.91. The fraction of sp³-hybridized carbons (Fsp3) is 0.0312. The SMILES string of the molecule is C=[N+]1C=CC=C[C-]1c1c(C)ccc2c1[o+][c-]1c(N(c3ccccc3)c3ccccc3)c(C#N)ccc21. The molecule has 0 saturated carbocycles. The predicted molar refractivity (Wildman–Crippen MR) is 146 cm³/mol. The van der Waals surface area contributed by atoms with Gasteiger partial charge in [-0.1, -0.05) is 67.1 Å². The van der Waals surface area contributed by atoms with Crippen LogP contribution in [0.2, 0.25) is 0 Å². The summed E-state index contributed by atoms with van der Waals surface area (Å²) >= 11 is 0. The molecule has 5 aromatic rings. The molecule has 6 rings (SSSR count). The monoisotopic (exact) mass is 465 g/mol. The number of nitriles is 1. The van der Waals surface area contributed by atoms with E-state index in [2.05, 4.69) is 36.7 Å². The van der Waals surface area contributed by atoms with Crippen molar-refractivity contribution in [1.82, 2.24) is 0 Å². The Morgan fingerprint density at radius 3 is 2.22 bits per heavy atom. The summed E-state index contributed by atoms with van der Waals surface area (Å²) in [5.74, 6) is 0. The van der Waals surface area contributed by atoms with Crippen molar-refractivity contribution in [1.29, 1.82) is 5.26 Å². The van der Waals surface area contributed by atoms with Gasteiger partial charge in [0.1, 0.15) is 11.9 Å². The number of benzene rings is 4. The first-order valence-electron chi connectivity index (χ1n) is 11.8. The highest BCUT2D eigenvalue weighted by molar-refractivity contribution is 6.12. The molecule has 1 aliphatic rings. The Morgan fingerprint density at radius 1 is 0.889 bits per heavy atom. The van der Waals surface area contributed by atoms with Crippen LogP contribution in [-0.4, -0.2) is 11.3 Å². The van der Waals surface area contributed by atoms with Crippen LogP contribution in [0.25, 0.3) is 21.9 Å². The van der Waals surface area contributed by atoms with Crippen LogP contribution in [0.4, 0.5) is 17.1 Å². The van der Waals surface area contributed by atoms with E-state index in [1.165, 1.54) is 0 Å². The number of allylic oxidation sites excluding steroid dienone is 2. The largest absolute Gasteiger partial charge is 0.315 e. The Kier molecular flexibility index (Phi) is 5.17. The van der Waals surface area contributed by atoms with Gasteiger partial charge in [0, 0.05) is 16.9 Å². The van der Waals surface area contributed by atoms with Crippen molar-refractivity contribution in [2.24, 2.45) is 0 Å². The summed E-state index contributed by atoms with van der Waals surface area (Å²) in [5, 5.41) is 12.1. The van der Waals surface area contributed by atoms with Crippen molar-refractivity contribution in [3.8, 4) is 6.07 Å². The summed E-state index contributed by atoms with van der Waals surface area (Å²) in [4.78, 5) is 2.10. The van der Waals surface area contributed by atoms with Gasteiger partial charge in [-0.15, -0.1) is 18.2 Å². The van der Waals surface area contributed by atoms with E-state index >= 15 is 0 Å². The molecule has 0 spiro atoms. The zero-order chi connectivity index (χ0) is 24.6. The second kappa shape index (κ2) is 8.65. The van der Waals surface area contributed by atoms with Crippen LogP contribution in [0.3, 0.4) is 0 Å². The van der Waals surface area contributed by atoms with Gasteiger partial charge in [-0.05, 0) is 41.1 Å². The van der Waals surface area contributed by atoms with Crippen molar-refractivity contribution in [3.63, 3.8) is 0 Å². The second-order valence-corrected chi connectivity index (χ2v) is 8.75. The Bertz CT molecular complexity index is 1680. The third-order valence-electron chi connectivity index (χ3n) is 6.56. The minimum atomic E-state index is 0.541. The molecular weight excluding hydrogens is 442 g/mol. The van der Waals surface area contributed by atoms with Gasteiger partial charge in [-0.3, -0.25) is 8.99 Å². The first-order valence-corrected chi connectivity index (χ1v) is 11.8. The first kappa shape index (κ1) is 21.5. The molecule has 0 bridgehead atoms. The van der Waals surface area contributed by atoms with Crippen molar-refractivity contribution >= 4 is 45.7 Å². The number of hydrogen-bond donors (Lipinski definition) is 0. The van der Waals surface area contributed by atoms with Gasteiger partial charge >= 0.3 is 5.58 Å². The highest BCUT2D eigenvalue weighted by Crippen LogP contribution is 2.45. The van der Waals surface area contributed by atoms with Crippen LogP contribution in [0.1, 0.15) is 16.7 Å². The van der Waals surface area contributed by atoms with E-state index in [-0.39, 0.29) is 0 Å². The molecule has 0 atom stereocenters. The van der Waals surface area contributed by atoms with Crippen LogP contribution in [0.15, 0.2) is 114 Å². The lowest BCUT2D eigenvalue weighted by Gasteiger charge is -2.26. The zero-order valence-corrected chi connectivity index (χ0v) is 19.8. The molecule has 172 valence electrons. The molecule has 0 aliphatic carbocycles. The van der Waals surface area contributed by atoms with E-state index < -0.39 is 0 Å². The summed E-state index contributed by atoms with van der Waals surface area (Å²) in [5.41, 5.74) is 6.71. The normalized spacial score (nSPS) is 12.9. The van der Waals surface area contributed by atoms with Crippen molar-refractivity contribution in [2.45, 2.75) is 6.92 Å². The van der Waals surface area contributed by atoms with Gasteiger partial charge in [0.15, 0.2) is 6.04 Å². The number of anilines is 3. The summed E-state index contributed by atoms with van der Waals surface area (Å²) < 4.78 is 8.60. The van der Waals surface area contributed by atoms with Crippen LogP contribution < -0.4 is 4.90 Å². The molecule has 0 fully saturated rings. The van der Waals surface area contributed by atoms with Gasteiger partial charge in [-0.25, -0.2) is 5.26 Å². The fourth-order valence-electron chi connectivity index (χ4n) is 4.88. The lowest BCUT2D eigenvalue weighted by Crippen LogP contribution is -2.14. The van der Waals surface area contributed by atoms with E-state index in [9.17, 15) is 5.26 Å². The van der Waals surface area contributed by atoms with Gasteiger partial charge in [0.2, 0.25) is 0 Å². The van der Waals surface area contributed by atoms with E-state index in [0.717, 1.165) is 50.6 Å². The van der Waals surface area contributed by atoms with Crippen LogP contribution in [0.5, 0.6) is 0 Å². The molecule has 4 heteroatoms. The quantitative estimate of drug-likeness (QED) is 0.154. The average molecular weight is 466 g/mol. The zero-order valence-electron chi connectivity index (χ0n) is 19.8. The maximum absolute atomic E-state index is 10.2. The van der Waals surface area contributed by atoms with E-state index in [0.29, 0.717) is 11.1 Å². The Hall–Kier alpha value is -5.01. The standard InChI is InChI=1S/C32H23N3O/c1-22-16-18-26-27-19-17-23(21-33)30(32(27)36-31(26)29(22)28-15-9-10-20-34(28)2)35(24-11-5-3-6-12-24)25-13-7-4-8-14-25/h3-20H,2H2,1H3. The van der Waals surface area contributed by atoms with E-state index in [4.69, 9.17) is 4.42 Å². The van der Waals surface area contributed by atoms with Crippen molar-refractivity contribution < 1.29 is 8.99 Å². The lowest BCUT2D eigenvalue weighted by molar-refractivity contribution is -0.417. The maximum Gasteiger partial charge on any atom is 0.303 e. The second-order valence-electron chi connectivity index (χ2n) is 8.75. The molecule has 0 radical (unpaired) electrons. The Balaban J connectivity index is 1.70. The van der Waals surface area contributed by atoms with Gasteiger partial charge in [-0.2, -0.15) is 0 Å². The van der Waals surface area contributed by atoms with Crippen LogP contribution in [-0.2, 0) is 0 Å². The number of furan rings is 1. The summed E-state index contributed by atoms with van der Waals surface area (Å²) in [6, 6.07) is 31.6. The topological polar surface area (TPSA) is 41.3 Å². The maximum atomic E-state index is 10.2. The average Bonchev–Trinajstić information content (AvgIpc) is 3.29. The number of aryl methyl sites for hydroxylation is 1. The summed E-state index contributed by atoms with van der Waals surface area (Å²) in [7, 11) is 0. The van der Waals surface area contributed by atoms with Crippen LogP contribution in [0, 0.1) is 24.3 Å². The lowest BCUT2D eigenvalue weighted by atomic mass is 9.96. The smallest absolute Gasteiger partial charge is 0.303 e. The Morgan fingerprint density at radius 2 is 1.58 bits per heavy atom. The molecule has 36 heavy (non-hydrogen) atoms. The molecule has 2 heterocycles. The number of hydrogen-bond acceptors (Lipinski definition) is 2. The minimum Gasteiger partial charge on any atom is -0.315 e. The van der Waals surface area contributed by atoms with Gasteiger partial charge < -0.3 is 4.90 Å². The van der Waals surface area contributed by atoms with E-state index in [1.807, 2.05) is 102 Å². The molecule has 1 aromatic heterocycles. The molecule has 1 aliphatic heterocycles. The van der Waals surface area contributed by atoms with Crippen LogP contribution >= 0.6 is 0 Å². The van der Waals surface area contributed by atoms with Gasteiger partial charge in [0.25, 0.3) is 5.58 Å². The van der Waals surface area contributed by atoms with Crippen molar-refractivity contribution in [2.75, 3.05) is 4.90 Å². The first-order chi connectivity index (χ1) is 17.7. The Labute approximate surface area is 209 Å².